The zero-order chi connectivity index (χ0) is 25.0. The molecule has 0 spiro atoms. The Morgan fingerprint density at radius 2 is 1.15 bits per heavy atom. The highest BCUT2D eigenvalue weighted by molar-refractivity contribution is 7.96. The van der Waals surface area contributed by atoms with Crippen molar-refractivity contribution < 1.29 is 42.8 Å². The van der Waals surface area contributed by atoms with E-state index >= 15 is 0 Å². The van der Waals surface area contributed by atoms with Gasteiger partial charge in [0.1, 0.15) is 15.0 Å². The first-order valence-electron chi connectivity index (χ1n) is 8.39. The number of rotatable bonds is 6. The normalized spacial score (nSPS) is 17.2. The highest BCUT2D eigenvalue weighted by Gasteiger charge is 2.33. The van der Waals surface area contributed by atoms with Crippen LogP contribution in [0.2, 0.25) is 10.0 Å². The first-order valence-corrected chi connectivity index (χ1v) is 15.1. The Hall–Kier alpha value is -1.78. The molecule has 0 radical (unpaired) electrons. The number of allylic oxidation sites excluding steroid dienone is 1. The zero-order valence-electron chi connectivity index (χ0n) is 15.8. The van der Waals surface area contributed by atoms with Crippen molar-refractivity contribution in [2.24, 2.45) is 0 Å². The van der Waals surface area contributed by atoms with Gasteiger partial charge in [0.25, 0.3) is 20.2 Å². The van der Waals surface area contributed by atoms with E-state index in [0.29, 0.717) is 12.1 Å². The van der Waals surface area contributed by atoms with Crippen LogP contribution >= 0.6 is 23.2 Å². The van der Waals surface area contributed by atoms with E-state index in [1.165, 1.54) is 0 Å². The predicted octanol–water partition coefficient (Wildman–Crippen LogP) is 2.56. The topological polar surface area (TPSA) is 177 Å². The summed E-state index contributed by atoms with van der Waals surface area (Å²) in [6, 6.07) is 5.11. The largest absolute Gasteiger partial charge is 0.296 e. The van der Waals surface area contributed by atoms with Crippen LogP contribution in [0, 0.1) is 0 Å². The first-order chi connectivity index (χ1) is 15.0. The molecule has 0 aliphatic heterocycles. The maximum atomic E-state index is 12.9. The van der Waals surface area contributed by atoms with Crippen molar-refractivity contribution in [2.75, 3.05) is 0 Å². The molecule has 3 rings (SSSR count). The predicted molar refractivity (Wildman–Crippen MR) is 118 cm³/mol. The van der Waals surface area contributed by atoms with E-state index in [1.54, 1.807) is 0 Å². The van der Waals surface area contributed by atoms with Crippen molar-refractivity contribution in [3.63, 3.8) is 0 Å². The van der Waals surface area contributed by atoms with E-state index in [9.17, 15) is 42.8 Å². The lowest BCUT2D eigenvalue weighted by molar-refractivity contribution is 0.480. The van der Waals surface area contributed by atoms with E-state index in [1.807, 2.05) is 0 Å². The van der Waals surface area contributed by atoms with Gasteiger partial charge in [0.05, 0.1) is 24.7 Å². The molecule has 2 aromatic carbocycles. The summed E-state index contributed by atoms with van der Waals surface area (Å²) in [4.78, 5) is -3.32. The number of hydrogen-bond donors (Lipinski definition) is 2. The van der Waals surface area contributed by atoms with Gasteiger partial charge in [-0.15, -0.1) is 0 Å². The number of halogens is 2. The van der Waals surface area contributed by atoms with E-state index in [0.717, 1.165) is 42.5 Å². The van der Waals surface area contributed by atoms with Gasteiger partial charge in [0.15, 0.2) is 9.84 Å². The second-order valence-corrected chi connectivity index (χ2v) is 14.2. The van der Waals surface area contributed by atoms with Crippen LogP contribution in [0.1, 0.15) is 0 Å². The Balaban J connectivity index is 2.06. The quantitative estimate of drug-likeness (QED) is 0.487. The van der Waals surface area contributed by atoms with Crippen molar-refractivity contribution >= 4 is 63.1 Å². The molecule has 33 heavy (non-hydrogen) atoms. The van der Waals surface area contributed by atoms with Crippen molar-refractivity contribution in [3.8, 4) is 0 Å². The lowest BCUT2D eigenvalue weighted by Crippen LogP contribution is -2.16. The second kappa shape index (κ2) is 8.46. The molecule has 178 valence electrons. The molecule has 1 unspecified atom stereocenters. The number of sulfone groups is 2. The monoisotopic (exact) mass is 574 g/mol. The van der Waals surface area contributed by atoms with E-state index in [-0.39, 0.29) is 0 Å². The second-order valence-electron chi connectivity index (χ2n) is 6.58. The average molecular weight is 575 g/mol. The van der Waals surface area contributed by atoms with Gasteiger partial charge in [-0.1, -0.05) is 29.3 Å². The standard InChI is InChI=1S/C17H12Cl2O10S4/c18-14-5-3-12(8-16(14)32(24,25)26)30(20,21)10-1-2-11(7-10)31(22,23)13-4-6-15(19)17(9-13)33(27,28)29/h1-10H,(H,24,25,26)(H,27,28,29). The molecular formula is C17H12Cl2O10S4. The molecule has 0 bridgehead atoms. The van der Waals surface area contributed by atoms with Crippen LogP contribution < -0.4 is 0 Å². The van der Waals surface area contributed by atoms with Crippen LogP contribution in [0.3, 0.4) is 0 Å². The smallest absolute Gasteiger partial charge is 0.282 e. The Bertz CT molecular complexity index is 1650. The molecule has 0 saturated carbocycles. The molecule has 1 aliphatic rings. The van der Waals surface area contributed by atoms with Gasteiger partial charge in [-0.3, -0.25) is 9.11 Å². The molecule has 0 heterocycles. The molecule has 2 aromatic rings. The van der Waals surface area contributed by atoms with Crippen LogP contribution in [0.4, 0.5) is 0 Å². The van der Waals surface area contributed by atoms with Crippen LogP contribution in [-0.2, 0) is 39.9 Å². The van der Waals surface area contributed by atoms with Crippen LogP contribution in [0.25, 0.3) is 0 Å². The van der Waals surface area contributed by atoms with Gasteiger partial charge in [-0.2, -0.15) is 16.8 Å². The summed E-state index contributed by atoms with van der Waals surface area (Å²) >= 11 is 11.4. The van der Waals surface area contributed by atoms with Crippen molar-refractivity contribution in [1.29, 1.82) is 0 Å². The fraction of sp³-hybridized carbons (Fsp3) is 0.0588. The zero-order valence-corrected chi connectivity index (χ0v) is 20.6. The van der Waals surface area contributed by atoms with E-state index < -0.39 is 79.7 Å². The molecule has 1 atom stereocenters. The molecule has 0 aromatic heterocycles. The minimum atomic E-state index is -4.84. The van der Waals surface area contributed by atoms with Crippen LogP contribution in [-0.4, -0.2) is 48.0 Å². The molecule has 0 saturated heterocycles. The number of benzene rings is 2. The number of hydrogen-bond acceptors (Lipinski definition) is 8. The average Bonchev–Trinajstić information content (AvgIpc) is 3.18. The Labute approximate surface area is 199 Å². The maximum Gasteiger partial charge on any atom is 0.296 e. The van der Waals surface area contributed by atoms with Gasteiger partial charge < -0.3 is 0 Å². The molecular weight excluding hydrogens is 563 g/mol. The lowest BCUT2D eigenvalue weighted by Gasteiger charge is -2.10. The fourth-order valence-electron chi connectivity index (χ4n) is 2.83. The van der Waals surface area contributed by atoms with Crippen molar-refractivity contribution in [2.45, 2.75) is 24.8 Å². The van der Waals surface area contributed by atoms with Gasteiger partial charge in [0, 0.05) is 0 Å². The lowest BCUT2D eigenvalue weighted by atomic mass is 10.4. The molecule has 10 nitrogen and oxygen atoms in total. The summed E-state index contributed by atoms with van der Waals surface area (Å²) in [5.74, 6) is 0. The third-order valence-corrected chi connectivity index (χ3v) is 10.8. The van der Waals surface area contributed by atoms with Gasteiger partial charge in [-0.25, -0.2) is 16.8 Å². The highest BCUT2D eigenvalue weighted by atomic mass is 35.5. The Morgan fingerprint density at radius 3 is 1.64 bits per heavy atom. The minimum absolute atomic E-state index is 0.422. The van der Waals surface area contributed by atoms with Crippen molar-refractivity contribution in [3.05, 3.63) is 69.6 Å². The third-order valence-electron chi connectivity index (χ3n) is 4.45. The molecule has 16 heteroatoms. The fourth-order valence-corrected chi connectivity index (χ4v) is 7.91. The van der Waals surface area contributed by atoms with Crippen LogP contribution in [0.5, 0.6) is 0 Å². The van der Waals surface area contributed by atoms with Gasteiger partial charge in [-0.05, 0) is 48.6 Å². The molecule has 2 N–H and O–H groups in total. The maximum absolute atomic E-state index is 12.9. The van der Waals surface area contributed by atoms with Crippen molar-refractivity contribution in [1.82, 2.24) is 0 Å². The summed E-state index contributed by atoms with van der Waals surface area (Å²) in [7, 11) is -18.5. The van der Waals surface area contributed by atoms with E-state index in [4.69, 9.17) is 23.2 Å². The summed E-state index contributed by atoms with van der Waals surface area (Å²) in [5, 5.41) is -2.38. The van der Waals surface area contributed by atoms with E-state index in [2.05, 4.69) is 0 Å². The molecule has 0 fully saturated rings. The van der Waals surface area contributed by atoms with Gasteiger partial charge >= 0.3 is 0 Å². The van der Waals surface area contributed by atoms with Gasteiger partial charge in [0.2, 0.25) is 9.84 Å². The summed E-state index contributed by atoms with van der Waals surface area (Å²) < 4.78 is 116. The first kappa shape index (κ1) is 25.8. The third kappa shape index (κ3) is 5.02. The van der Waals surface area contributed by atoms with Crippen LogP contribution in [0.15, 0.2) is 79.1 Å². The SMILES string of the molecule is O=S(=O)(O)c1cc(S(=O)(=O)C2=CC(S(=O)(=O)c3ccc(Cl)c(S(=O)(=O)O)c3)C=C2)ccc1Cl. The Morgan fingerprint density at radius 1 is 0.697 bits per heavy atom. The molecule has 0 amide bonds. The summed E-state index contributed by atoms with van der Waals surface area (Å²) in [5.41, 5.74) is 0. The summed E-state index contributed by atoms with van der Waals surface area (Å²) in [6.45, 7) is 0. The summed E-state index contributed by atoms with van der Waals surface area (Å²) in [6.07, 6.45) is 2.84. The molecule has 1 aliphatic carbocycles. The highest BCUT2D eigenvalue weighted by Crippen LogP contribution is 2.33. The minimum Gasteiger partial charge on any atom is -0.282 e. The Kier molecular flexibility index (Phi) is 6.62.